The number of hydrogen-bond acceptors (Lipinski definition) is 2. The van der Waals surface area contributed by atoms with E-state index in [1.807, 2.05) is 6.07 Å². The highest BCUT2D eigenvalue weighted by Gasteiger charge is 2.08. The highest BCUT2D eigenvalue weighted by Crippen LogP contribution is 2.24. The van der Waals surface area contributed by atoms with Crippen LogP contribution in [0.3, 0.4) is 0 Å². The molecule has 0 bridgehead atoms. The summed E-state index contributed by atoms with van der Waals surface area (Å²) in [6.07, 6.45) is 0. The maximum atomic E-state index is 3.58. The molecule has 17 heavy (non-hydrogen) atoms. The Morgan fingerprint density at radius 3 is 2.71 bits per heavy atom. The summed E-state index contributed by atoms with van der Waals surface area (Å²) < 4.78 is 2.32. The molecular weight excluding hydrogens is 362 g/mol. The van der Waals surface area contributed by atoms with Crippen LogP contribution in [0, 0.1) is 0 Å². The molecule has 1 heterocycles. The molecule has 4 heteroatoms. The summed E-state index contributed by atoms with van der Waals surface area (Å²) in [5.41, 5.74) is 1.29. The van der Waals surface area contributed by atoms with Crippen molar-refractivity contribution in [2.24, 2.45) is 0 Å². The van der Waals surface area contributed by atoms with Crippen LogP contribution in [-0.2, 0) is 6.54 Å². The zero-order valence-electron chi connectivity index (χ0n) is 9.41. The van der Waals surface area contributed by atoms with Crippen LogP contribution in [-0.4, -0.2) is 0 Å². The van der Waals surface area contributed by atoms with Crippen LogP contribution < -0.4 is 5.32 Å². The molecule has 0 aliphatic rings. The summed E-state index contributed by atoms with van der Waals surface area (Å²) in [7, 11) is 0. The fourth-order valence-electron chi connectivity index (χ4n) is 1.64. The zero-order valence-corrected chi connectivity index (χ0v) is 13.4. The Kier molecular flexibility index (Phi) is 4.79. The monoisotopic (exact) mass is 373 g/mol. The minimum absolute atomic E-state index is 0.339. The largest absolute Gasteiger partial charge is 0.305 e. The van der Waals surface area contributed by atoms with Gasteiger partial charge in [0.1, 0.15) is 0 Å². The average molecular weight is 375 g/mol. The maximum absolute atomic E-state index is 3.58. The van der Waals surface area contributed by atoms with E-state index in [1.54, 1.807) is 11.3 Å². The second kappa shape index (κ2) is 6.14. The number of thiophene rings is 1. The topological polar surface area (TPSA) is 12.0 Å². The van der Waals surface area contributed by atoms with Gasteiger partial charge in [-0.2, -0.15) is 0 Å². The smallest absolute Gasteiger partial charge is 0.0306 e. The van der Waals surface area contributed by atoms with E-state index in [9.17, 15) is 0 Å². The minimum Gasteiger partial charge on any atom is -0.305 e. The lowest BCUT2D eigenvalue weighted by Crippen LogP contribution is -2.17. The molecule has 0 amide bonds. The Morgan fingerprint density at radius 1 is 1.29 bits per heavy atom. The number of benzene rings is 1. The Labute approximate surface area is 123 Å². The zero-order chi connectivity index (χ0) is 12.3. The summed E-state index contributed by atoms with van der Waals surface area (Å²) in [6.45, 7) is 3.08. The molecule has 0 unspecified atom stereocenters. The molecule has 1 nitrogen and oxygen atoms in total. The first-order chi connectivity index (χ1) is 8.16. The molecule has 0 spiro atoms. The first kappa shape index (κ1) is 13.3. The lowest BCUT2D eigenvalue weighted by Gasteiger charge is -2.15. The average Bonchev–Trinajstić information content (AvgIpc) is 2.73. The minimum atomic E-state index is 0.339. The predicted octanol–water partition coefficient (Wildman–Crippen LogP) is 5.12. The van der Waals surface area contributed by atoms with Crippen LogP contribution in [0.25, 0.3) is 0 Å². The fourth-order valence-corrected chi connectivity index (χ4v) is 3.67. The van der Waals surface area contributed by atoms with Gasteiger partial charge in [0.2, 0.25) is 0 Å². The van der Waals surface area contributed by atoms with Crippen molar-refractivity contribution in [1.82, 2.24) is 5.32 Å². The van der Waals surface area contributed by atoms with E-state index >= 15 is 0 Å². The first-order valence-electron chi connectivity index (χ1n) is 5.37. The lowest BCUT2D eigenvalue weighted by atomic mass is 10.1. The normalized spacial score (nSPS) is 12.6. The van der Waals surface area contributed by atoms with Crippen molar-refractivity contribution < 1.29 is 0 Å². The van der Waals surface area contributed by atoms with Crippen molar-refractivity contribution in [2.75, 3.05) is 0 Å². The molecule has 1 aromatic carbocycles. The molecule has 1 atom stereocenters. The third kappa shape index (κ3) is 3.65. The molecule has 0 aliphatic heterocycles. The molecule has 0 saturated carbocycles. The van der Waals surface area contributed by atoms with Gasteiger partial charge < -0.3 is 5.32 Å². The van der Waals surface area contributed by atoms with E-state index in [4.69, 9.17) is 0 Å². The molecule has 0 fully saturated rings. The number of hydrogen-bond donors (Lipinski definition) is 1. The fraction of sp³-hybridized carbons (Fsp3) is 0.231. The van der Waals surface area contributed by atoms with Crippen molar-refractivity contribution in [3.63, 3.8) is 0 Å². The van der Waals surface area contributed by atoms with Crippen molar-refractivity contribution in [2.45, 2.75) is 19.5 Å². The van der Waals surface area contributed by atoms with Gasteiger partial charge in [0, 0.05) is 31.8 Å². The van der Waals surface area contributed by atoms with Crippen molar-refractivity contribution in [1.29, 1.82) is 0 Å². The molecule has 2 rings (SSSR count). The molecule has 0 radical (unpaired) electrons. The Morgan fingerprint density at radius 2 is 2.06 bits per heavy atom. The Balaban J connectivity index is 1.98. The number of halogens is 2. The maximum Gasteiger partial charge on any atom is 0.0306 e. The Bertz CT molecular complexity index is 496. The van der Waals surface area contributed by atoms with E-state index in [0.29, 0.717) is 6.04 Å². The molecular formula is C13H13Br2NS. The summed E-state index contributed by atoms with van der Waals surface area (Å²) >= 11 is 8.82. The molecule has 1 aromatic heterocycles. The van der Waals surface area contributed by atoms with Crippen molar-refractivity contribution in [3.05, 3.63) is 55.1 Å². The van der Waals surface area contributed by atoms with Crippen molar-refractivity contribution >= 4 is 43.2 Å². The summed E-state index contributed by atoms with van der Waals surface area (Å²) in [6, 6.07) is 10.8. The second-order valence-corrected chi connectivity index (χ2v) is 6.62. The van der Waals surface area contributed by atoms with Crippen LogP contribution in [0.5, 0.6) is 0 Å². The highest BCUT2D eigenvalue weighted by atomic mass is 79.9. The van der Waals surface area contributed by atoms with Gasteiger partial charge in [0.05, 0.1) is 0 Å². The van der Waals surface area contributed by atoms with Crippen LogP contribution in [0.1, 0.15) is 23.4 Å². The number of nitrogens with one attached hydrogen (secondary N) is 1. The third-order valence-electron chi connectivity index (χ3n) is 2.58. The van der Waals surface area contributed by atoms with Gasteiger partial charge in [0.15, 0.2) is 0 Å². The van der Waals surface area contributed by atoms with Gasteiger partial charge in [0.25, 0.3) is 0 Å². The van der Waals surface area contributed by atoms with Crippen molar-refractivity contribution in [3.8, 4) is 0 Å². The summed E-state index contributed by atoms with van der Waals surface area (Å²) in [4.78, 5) is 1.34. The van der Waals surface area contributed by atoms with E-state index < -0.39 is 0 Å². The van der Waals surface area contributed by atoms with Gasteiger partial charge in [-0.05, 0) is 40.5 Å². The first-order valence-corrected chi connectivity index (χ1v) is 7.84. The SMILES string of the molecule is C[C@H](NCc1cc(Br)cs1)c1ccccc1Br. The quantitative estimate of drug-likeness (QED) is 0.782. The highest BCUT2D eigenvalue weighted by molar-refractivity contribution is 9.10. The lowest BCUT2D eigenvalue weighted by molar-refractivity contribution is 0.577. The standard InChI is InChI=1S/C13H13Br2NS/c1-9(12-4-2-3-5-13(12)15)16-7-11-6-10(14)8-17-11/h2-6,8-9,16H,7H2,1H3/t9-/m0/s1. The Hall–Kier alpha value is -0.160. The van der Waals surface area contributed by atoms with E-state index in [-0.39, 0.29) is 0 Å². The van der Waals surface area contributed by atoms with E-state index in [2.05, 4.69) is 73.7 Å². The van der Waals surface area contributed by atoms with Gasteiger partial charge >= 0.3 is 0 Å². The molecule has 0 saturated heterocycles. The molecule has 0 aliphatic carbocycles. The van der Waals surface area contributed by atoms with Gasteiger partial charge in [-0.3, -0.25) is 0 Å². The van der Waals surface area contributed by atoms with Gasteiger partial charge in [-0.1, -0.05) is 34.1 Å². The van der Waals surface area contributed by atoms with Gasteiger partial charge in [-0.25, -0.2) is 0 Å². The third-order valence-corrected chi connectivity index (χ3v) is 5.00. The van der Waals surface area contributed by atoms with E-state index in [1.165, 1.54) is 10.4 Å². The van der Waals surface area contributed by atoms with Crippen LogP contribution in [0.4, 0.5) is 0 Å². The predicted molar refractivity (Wildman–Crippen MR) is 81.4 cm³/mol. The summed E-state index contributed by atoms with van der Waals surface area (Å²) in [5.74, 6) is 0. The number of rotatable bonds is 4. The summed E-state index contributed by atoms with van der Waals surface area (Å²) in [5, 5.41) is 5.64. The van der Waals surface area contributed by atoms with Crippen LogP contribution in [0.15, 0.2) is 44.7 Å². The molecule has 1 N–H and O–H groups in total. The van der Waals surface area contributed by atoms with Crippen LogP contribution >= 0.6 is 43.2 Å². The van der Waals surface area contributed by atoms with Gasteiger partial charge in [-0.15, -0.1) is 11.3 Å². The molecule has 90 valence electrons. The molecule has 2 aromatic rings. The van der Waals surface area contributed by atoms with Crippen LogP contribution in [0.2, 0.25) is 0 Å². The second-order valence-electron chi connectivity index (χ2n) is 3.86. The van der Waals surface area contributed by atoms with E-state index in [0.717, 1.165) is 15.5 Å².